The van der Waals surface area contributed by atoms with Crippen LogP contribution in [0.2, 0.25) is 5.02 Å². The van der Waals surface area contributed by atoms with Gasteiger partial charge in [0.1, 0.15) is 5.75 Å². The van der Waals surface area contributed by atoms with Crippen molar-refractivity contribution in [1.82, 2.24) is 19.9 Å². The van der Waals surface area contributed by atoms with Crippen LogP contribution in [0.5, 0.6) is 5.75 Å². The van der Waals surface area contributed by atoms with Crippen molar-refractivity contribution >= 4 is 35.4 Å². The largest absolute Gasteiger partial charge is 0.435 e. The summed E-state index contributed by atoms with van der Waals surface area (Å²) in [5.74, 6) is 0.266. The van der Waals surface area contributed by atoms with Gasteiger partial charge in [-0.3, -0.25) is 9.78 Å². The minimum Gasteiger partial charge on any atom is -0.435 e. The number of pyridine rings is 1. The second kappa shape index (κ2) is 11.0. The Labute approximate surface area is 202 Å². The van der Waals surface area contributed by atoms with E-state index in [9.17, 15) is 13.6 Å². The molecule has 2 aromatic heterocycles. The Bertz CT molecular complexity index is 1280. The lowest BCUT2D eigenvalue weighted by atomic mass is 10.1. The molecule has 0 aliphatic carbocycles. The van der Waals surface area contributed by atoms with Crippen LogP contribution in [0, 0.1) is 0 Å². The zero-order chi connectivity index (χ0) is 23.9. The van der Waals surface area contributed by atoms with E-state index in [0.717, 1.165) is 17.3 Å². The highest BCUT2D eigenvalue weighted by Gasteiger charge is 2.16. The molecule has 0 radical (unpaired) electrons. The van der Waals surface area contributed by atoms with Gasteiger partial charge in [0.25, 0.3) is 0 Å². The summed E-state index contributed by atoms with van der Waals surface area (Å²) >= 11 is 7.09. The van der Waals surface area contributed by atoms with Gasteiger partial charge in [0.05, 0.1) is 12.0 Å². The Kier molecular flexibility index (Phi) is 7.61. The van der Waals surface area contributed by atoms with Gasteiger partial charge in [-0.2, -0.15) is 18.6 Å². The average molecular weight is 500 g/mol. The minimum atomic E-state index is -2.93. The number of Topliss-reactive ketones (excluding diaryl/α,β-unsaturated/α-hetero) is 1. The van der Waals surface area contributed by atoms with Gasteiger partial charge in [0, 0.05) is 28.5 Å². The smallest absolute Gasteiger partial charge is 0.387 e. The van der Waals surface area contributed by atoms with E-state index in [0.29, 0.717) is 27.1 Å². The molecule has 0 saturated heterocycles. The van der Waals surface area contributed by atoms with Gasteiger partial charge in [-0.1, -0.05) is 35.5 Å². The third kappa shape index (κ3) is 6.03. The molecule has 0 spiro atoms. The van der Waals surface area contributed by atoms with Crippen LogP contribution in [-0.2, 0) is 0 Å². The van der Waals surface area contributed by atoms with E-state index in [1.165, 1.54) is 28.9 Å². The molecule has 11 heteroatoms. The maximum atomic E-state index is 12.6. The summed E-state index contributed by atoms with van der Waals surface area (Å²) in [5.41, 5.74) is 1.88. The zero-order valence-electron chi connectivity index (χ0n) is 17.4. The summed E-state index contributed by atoms with van der Waals surface area (Å²) in [7, 11) is 0. The van der Waals surface area contributed by atoms with Crippen molar-refractivity contribution in [2.24, 2.45) is 5.10 Å². The van der Waals surface area contributed by atoms with Gasteiger partial charge in [-0.15, -0.1) is 10.2 Å². The third-order valence-corrected chi connectivity index (χ3v) is 5.63. The molecule has 0 N–H and O–H groups in total. The number of benzene rings is 2. The molecule has 172 valence electrons. The van der Waals surface area contributed by atoms with Gasteiger partial charge in [-0.25, -0.2) is 0 Å². The lowest BCUT2D eigenvalue weighted by Crippen LogP contribution is -2.05. The average Bonchev–Trinajstić information content (AvgIpc) is 3.25. The lowest BCUT2D eigenvalue weighted by Gasteiger charge is -2.06. The highest BCUT2D eigenvalue weighted by atomic mass is 35.5. The molecule has 2 heterocycles. The third-order valence-electron chi connectivity index (χ3n) is 4.46. The molecule has 0 atom stereocenters. The van der Waals surface area contributed by atoms with Gasteiger partial charge < -0.3 is 4.74 Å². The van der Waals surface area contributed by atoms with Crippen molar-refractivity contribution in [3.8, 4) is 17.1 Å². The fourth-order valence-electron chi connectivity index (χ4n) is 2.84. The summed E-state index contributed by atoms with van der Waals surface area (Å²) in [4.78, 5) is 16.7. The summed E-state index contributed by atoms with van der Waals surface area (Å²) < 4.78 is 30.5. The van der Waals surface area contributed by atoms with Crippen molar-refractivity contribution in [2.75, 3.05) is 5.75 Å². The molecule has 4 rings (SSSR count). The number of thioether (sulfide) groups is 1. The van der Waals surface area contributed by atoms with Crippen LogP contribution in [0.1, 0.15) is 15.9 Å². The molecular weight excluding hydrogens is 484 g/mol. The first-order valence-electron chi connectivity index (χ1n) is 9.86. The molecule has 2 aromatic carbocycles. The first-order chi connectivity index (χ1) is 16.5. The van der Waals surface area contributed by atoms with Crippen molar-refractivity contribution in [3.63, 3.8) is 0 Å². The maximum Gasteiger partial charge on any atom is 0.387 e. The Morgan fingerprint density at radius 3 is 2.56 bits per heavy atom. The number of rotatable bonds is 9. The van der Waals surface area contributed by atoms with Crippen LogP contribution in [0.15, 0.2) is 83.3 Å². The molecule has 0 bridgehead atoms. The molecule has 0 saturated carbocycles. The van der Waals surface area contributed by atoms with Crippen LogP contribution >= 0.6 is 23.4 Å². The number of alkyl halides is 2. The number of ketones is 1. The highest BCUT2D eigenvalue weighted by molar-refractivity contribution is 7.99. The summed E-state index contributed by atoms with van der Waals surface area (Å²) in [6.07, 6.45) is 4.92. The molecule has 0 fully saturated rings. The van der Waals surface area contributed by atoms with E-state index in [4.69, 9.17) is 11.6 Å². The molecule has 34 heavy (non-hydrogen) atoms. The number of carbonyl (C=O) groups is 1. The second-order valence-corrected chi connectivity index (χ2v) is 8.15. The number of aromatic nitrogens is 4. The van der Waals surface area contributed by atoms with Gasteiger partial charge >= 0.3 is 6.61 Å². The number of hydrogen-bond donors (Lipinski definition) is 0. The quantitative estimate of drug-likeness (QED) is 0.173. The van der Waals surface area contributed by atoms with Crippen molar-refractivity contribution < 1.29 is 18.3 Å². The van der Waals surface area contributed by atoms with E-state index in [-0.39, 0.29) is 17.3 Å². The molecule has 7 nitrogen and oxygen atoms in total. The minimum absolute atomic E-state index is 0.0170. The van der Waals surface area contributed by atoms with Crippen LogP contribution in [0.25, 0.3) is 11.4 Å². The predicted molar refractivity (Wildman–Crippen MR) is 126 cm³/mol. The lowest BCUT2D eigenvalue weighted by molar-refractivity contribution is -0.0498. The van der Waals surface area contributed by atoms with Crippen molar-refractivity contribution in [2.45, 2.75) is 11.8 Å². The Hall–Kier alpha value is -3.63. The van der Waals surface area contributed by atoms with Crippen LogP contribution in [0.3, 0.4) is 0 Å². The Morgan fingerprint density at radius 2 is 1.88 bits per heavy atom. The maximum absolute atomic E-state index is 12.6. The molecule has 4 aromatic rings. The first kappa shape index (κ1) is 23.5. The van der Waals surface area contributed by atoms with Crippen LogP contribution in [0.4, 0.5) is 8.78 Å². The summed E-state index contributed by atoms with van der Waals surface area (Å²) in [6, 6.07) is 16.3. The number of nitrogens with zero attached hydrogens (tertiary/aromatic N) is 5. The topological polar surface area (TPSA) is 82.3 Å². The van der Waals surface area contributed by atoms with Gasteiger partial charge in [0.15, 0.2) is 11.6 Å². The monoisotopic (exact) mass is 499 g/mol. The molecule has 0 unspecified atom stereocenters. The van der Waals surface area contributed by atoms with E-state index in [1.54, 1.807) is 36.8 Å². The highest BCUT2D eigenvalue weighted by Crippen LogP contribution is 2.25. The molecular formula is C23H16ClF2N5O2S. The van der Waals surface area contributed by atoms with E-state index in [2.05, 4.69) is 25.0 Å². The molecule has 0 aliphatic heterocycles. The zero-order valence-corrected chi connectivity index (χ0v) is 19.0. The summed E-state index contributed by atoms with van der Waals surface area (Å²) in [6.45, 7) is -2.93. The number of halogens is 3. The fraction of sp³-hybridized carbons (Fsp3) is 0.0870. The SMILES string of the molecule is O=C(CSc1nnc(-c2cccnc2)n1N=Cc1ccc(Cl)cc1)c1ccc(OC(F)F)cc1. The van der Waals surface area contributed by atoms with Crippen LogP contribution in [-0.4, -0.2) is 44.2 Å². The molecule has 0 aliphatic rings. The number of carbonyl (C=O) groups excluding carboxylic acids is 1. The summed E-state index contributed by atoms with van der Waals surface area (Å²) in [5, 5.41) is 13.9. The van der Waals surface area contributed by atoms with E-state index >= 15 is 0 Å². The second-order valence-electron chi connectivity index (χ2n) is 6.77. The normalized spacial score (nSPS) is 11.3. The fourth-order valence-corrected chi connectivity index (χ4v) is 3.75. The van der Waals surface area contributed by atoms with Gasteiger partial charge in [0.2, 0.25) is 5.16 Å². The van der Waals surface area contributed by atoms with Crippen molar-refractivity contribution in [3.05, 3.63) is 89.2 Å². The van der Waals surface area contributed by atoms with Crippen molar-refractivity contribution in [1.29, 1.82) is 0 Å². The van der Waals surface area contributed by atoms with Crippen LogP contribution < -0.4 is 4.74 Å². The Balaban J connectivity index is 1.54. The molecule has 0 amide bonds. The van der Waals surface area contributed by atoms with E-state index < -0.39 is 6.61 Å². The first-order valence-corrected chi connectivity index (χ1v) is 11.2. The predicted octanol–water partition coefficient (Wildman–Crippen LogP) is 5.45. The number of hydrogen-bond acceptors (Lipinski definition) is 7. The van der Waals surface area contributed by atoms with E-state index in [1.807, 2.05) is 18.2 Å². The van der Waals surface area contributed by atoms with Gasteiger partial charge in [-0.05, 0) is 54.1 Å². The number of ether oxygens (including phenoxy) is 1. The standard InChI is InChI=1S/C23H16ClF2N5O2S/c24-18-7-3-15(4-8-18)12-28-31-21(17-2-1-11-27-13-17)29-30-23(31)34-14-20(32)16-5-9-19(10-6-16)33-22(25)26/h1-13,22H,14H2. The Morgan fingerprint density at radius 1 is 1.12 bits per heavy atom.